The topological polar surface area (TPSA) is 49.8 Å². The highest BCUT2D eigenvalue weighted by molar-refractivity contribution is 5.90. The zero-order chi connectivity index (χ0) is 17.3. The first-order valence-corrected chi connectivity index (χ1v) is 7.04. The zero-order valence-corrected chi connectivity index (χ0v) is 12.6. The predicted molar refractivity (Wildman–Crippen MR) is 83.8 cm³/mol. The number of hydrogen-bond donors (Lipinski definition) is 0. The van der Waals surface area contributed by atoms with Crippen LogP contribution in [-0.2, 0) is 6.18 Å². The van der Waals surface area contributed by atoms with Crippen molar-refractivity contribution in [2.45, 2.75) is 13.1 Å². The summed E-state index contributed by atoms with van der Waals surface area (Å²) in [6.07, 6.45) is -0.932. The molecule has 0 radical (unpaired) electrons. The largest absolute Gasteiger partial charge is 0.440 e. The summed E-state index contributed by atoms with van der Waals surface area (Å²) in [6, 6.07) is 10.3. The van der Waals surface area contributed by atoms with Gasteiger partial charge in [0.05, 0.1) is 11.1 Å². The van der Waals surface area contributed by atoms with Crippen LogP contribution in [0.3, 0.4) is 0 Å². The predicted octanol–water partition coefficient (Wildman–Crippen LogP) is 5.20. The molecule has 0 atom stereocenters. The van der Waals surface area contributed by atoms with Crippen LogP contribution in [0.1, 0.15) is 28.1 Å². The van der Waals surface area contributed by atoms with Crippen molar-refractivity contribution in [1.29, 1.82) is 5.26 Å². The third kappa shape index (κ3) is 3.01. The van der Waals surface area contributed by atoms with Crippen LogP contribution in [-0.4, -0.2) is 4.98 Å². The monoisotopic (exact) mass is 328 g/mol. The van der Waals surface area contributed by atoms with Crippen molar-refractivity contribution in [2.75, 3.05) is 0 Å². The molecule has 3 nitrogen and oxygen atoms in total. The Bertz CT molecular complexity index is 961. The van der Waals surface area contributed by atoms with Gasteiger partial charge in [-0.25, -0.2) is 4.98 Å². The molecular formula is C18H11F3N2O. The lowest BCUT2D eigenvalue weighted by Gasteiger charge is -2.05. The van der Waals surface area contributed by atoms with E-state index in [9.17, 15) is 13.2 Å². The van der Waals surface area contributed by atoms with Gasteiger partial charge in [0.2, 0.25) is 0 Å². The summed E-state index contributed by atoms with van der Waals surface area (Å²) < 4.78 is 43.1. The summed E-state index contributed by atoms with van der Waals surface area (Å²) >= 11 is 0. The Kier molecular flexibility index (Phi) is 3.86. The van der Waals surface area contributed by atoms with Crippen molar-refractivity contribution >= 4 is 23.3 Å². The maximum atomic E-state index is 12.6. The highest BCUT2D eigenvalue weighted by atomic mass is 19.4. The molecule has 0 saturated carbocycles. The number of aromatic nitrogens is 1. The third-order valence-corrected chi connectivity index (χ3v) is 3.50. The lowest BCUT2D eigenvalue weighted by atomic mass is 10.1. The second kappa shape index (κ2) is 5.85. The highest BCUT2D eigenvalue weighted by Crippen LogP contribution is 2.29. The molecule has 24 heavy (non-hydrogen) atoms. The fraction of sp³-hybridized carbons (Fsp3) is 0.111. The van der Waals surface area contributed by atoms with Gasteiger partial charge in [0.25, 0.3) is 0 Å². The van der Waals surface area contributed by atoms with Gasteiger partial charge in [-0.2, -0.15) is 18.4 Å². The number of fused-ring (bicyclic) bond motifs is 1. The van der Waals surface area contributed by atoms with E-state index in [0.29, 0.717) is 28.1 Å². The van der Waals surface area contributed by atoms with E-state index in [0.717, 1.165) is 17.7 Å². The van der Waals surface area contributed by atoms with E-state index >= 15 is 0 Å². The second-order valence-corrected chi connectivity index (χ2v) is 5.18. The van der Waals surface area contributed by atoms with Gasteiger partial charge in [0.1, 0.15) is 11.6 Å². The van der Waals surface area contributed by atoms with Crippen LogP contribution in [0.25, 0.3) is 23.3 Å². The molecule has 3 rings (SSSR count). The minimum absolute atomic E-state index is 0.386. The fourth-order valence-electron chi connectivity index (χ4n) is 2.32. The Morgan fingerprint density at radius 1 is 1.08 bits per heavy atom. The van der Waals surface area contributed by atoms with Crippen LogP contribution in [0.4, 0.5) is 13.2 Å². The van der Waals surface area contributed by atoms with E-state index in [1.54, 1.807) is 31.2 Å². The number of nitrogens with zero attached hydrogens (tertiary/aromatic N) is 2. The summed E-state index contributed by atoms with van der Waals surface area (Å²) in [5, 5.41) is 9.09. The van der Waals surface area contributed by atoms with Gasteiger partial charge in [0, 0.05) is 12.5 Å². The molecule has 0 spiro atoms. The van der Waals surface area contributed by atoms with Gasteiger partial charge in [-0.1, -0.05) is 30.4 Å². The average molecular weight is 328 g/mol. The van der Waals surface area contributed by atoms with Gasteiger partial charge in [-0.3, -0.25) is 0 Å². The quantitative estimate of drug-likeness (QED) is 0.608. The molecule has 0 saturated heterocycles. The van der Waals surface area contributed by atoms with Gasteiger partial charge in [-0.05, 0) is 23.8 Å². The molecule has 0 aliphatic heterocycles. The van der Waals surface area contributed by atoms with Crippen LogP contribution in [0, 0.1) is 18.3 Å². The average Bonchev–Trinajstić information content (AvgIpc) is 2.93. The molecule has 3 aromatic rings. The fourth-order valence-corrected chi connectivity index (χ4v) is 2.32. The standard InChI is InChI=1S/C18H11F3N2O/c1-11-23-16-13(6-7-14(10-22)17(16)24-11)5-2-12-3-8-15(9-4-12)18(19,20)21/h2-9H,1H3. The first-order valence-electron chi connectivity index (χ1n) is 7.04. The molecule has 0 N–H and O–H groups in total. The second-order valence-electron chi connectivity index (χ2n) is 5.18. The summed E-state index contributed by atoms with van der Waals surface area (Å²) in [7, 11) is 0. The van der Waals surface area contributed by atoms with E-state index in [-0.39, 0.29) is 0 Å². The van der Waals surface area contributed by atoms with E-state index in [1.165, 1.54) is 12.1 Å². The summed E-state index contributed by atoms with van der Waals surface area (Å²) in [6.45, 7) is 1.69. The molecule has 120 valence electrons. The Balaban J connectivity index is 1.95. The molecular weight excluding hydrogens is 317 g/mol. The normalized spacial score (nSPS) is 12.0. The number of alkyl halides is 3. The Morgan fingerprint density at radius 3 is 2.42 bits per heavy atom. The van der Waals surface area contributed by atoms with Crippen LogP contribution in [0.5, 0.6) is 0 Å². The Labute approximate surface area is 135 Å². The van der Waals surface area contributed by atoms with Crippen molar-refractivity contribution in [3.8, 4) is 6.07 Å². The minimum Gasteiger partial charge on any atom is -0.440 e. The maximum absolute atomic E-state index is 12.6. The number of halogens is 3. The van der Waals surface area contributed by atoms with Crippen LogP contribution in [0.2, 0.25) is 0 Å². The molecule has 1 aromatic heterocycles. The van der Waals surface area contributed by atoms with Crippen LogP contribution in [0.15, 0.2) is 40.8 Å². The van der Waals surface area contributed by atoms with Gasteiger partial charge < -0.3 is 4.42 Å². The van der Waals surface area contributed by atoms with Crippen molar-refractivity contribution in [3.05, 3.63) is 64.5 Å². The van der Waals surface area contributed by atoms with Crippen LogP contribution < -0.4 is 0 Å². The number of hydrogen-bond acceptors (Lipinski definition) is 3. The van der Waals surface area contributed by atoms with Crippen molar-refractivity contribution in [3.63, 3.8) is 0 Å². The van der Waals surface area contributed by atoms with E-state index in [1.807, 2.05) is 6.07 Å². The number of aryl methyl sites for hydroxylation is 1. The van der Waals surface area contributed by atoms with Crippen LogP contribution >= 0.6 is 0 Å². The summed E-state index contributed by atoms with van der Waals surface area (Å²) in [4.78, 5) is 4.26. The van der Waals surface area contributed by atoms with Crippen molar-refractivity contribution in [1.82, 2.24) is 4.98 Å². The number of rotatable bonds is 2. The molecule has 0 unspecified atom stereocenters. The van der Waals surface area contributed by atoms with Crippen molar-refractivity contribution in [2.24, 2.45) is 0 Å². The Hall–Kier alpha value is -3.07. The van der Waals surface area contributed by atoms with Gasteiger partial charge >= 0.3 is 6.18 Å². The molecule has 0 fully saturated rings. The van der Waals surface area contributed by atoms with E-state index < -0.39 is 11.7 Å². The summed E-state index contributed by atoms with van der Waals surface area (Å²) in [5.74, 6) is 0.442. The summed E-state index contributed by atoms with van der Waals surface area (Å²) in [5.41, 5.74) is 2.01. The molecule has 0 bridgehead atoms. The molecule has 2 aromatic carbocycles. The number of benzene rings is 2. The first kappa shape index (κ1) is 15.8. The molecule has 0 amide bonds. The maximum Gasteiger partial charge on any atom is 0.416 e. The van der Waals surface area contributed by atoms with Gasteiger partial charge in [0.15, 0.2) is 11.5 Å². The lowest BCUT2D eigenvalue weighted by molar-refractivity contribution is -0.137. The highest BCUT2D eigenvalue weighted by Gasteiger charge is 2.29. The molecule has 6 heteroatoms. The smallest absolute Gasteiger partial charge is 0.416 e. The molecule has 0 aliphatic rings. The third-order valence-electron chi connectivity index (χ3n) is 3.50. The minimum atomic E-state index is -4.35. The molecule has 1 heterocycles. The number of nitriles is 1. The Morgan fingerprint density at radius 2 is 1.79 bits per heavy atom. The first-order chi connectivity index (χ1) is 11.4. The molecule has 0 aliphatic carbocycles. The SMILES string of the molecule is Cc1nc2c(C=Cc3ccc(C(F)(F)F)cc3)ccc(C#N)c2o1. The van der Waals surface area contributed by atoms with Gasteiger partial charge in [-0.15, -0.1) is 0 Å². The van der Waals surface area contributed by atoms with Crippen molar-refractivity contribution < 1.29 is 17.6 Å². The zero-order valence-electron chi connectivity index (χ0n) is 12.6. The number of oxazole rings is 1. The van der Waals surface area contributed by atoms with E-state index in [2.05, 4.69) is 4.98 Å². The van der Waals surface area contributed by atoms with E-state index in [4.69, 9.17) is 9.68 Å². The lowest BCUT2D eigenvalue weighted by Crippen LogP contribution is -2.03.